The van der Waals surface area contributed by atoms with E-state index in [-0.39, 0.29) is 17.2 Å². The number of halogens is 3. The highest BCUT2D eigenvalue weighted by atomic mass is 19.4. The minimum absolute atomic E-state index is 0.264. The topological polar surface area (TPSA) is 81.5 Å². The minimum atomic E-state index is -4.61. The quantitative estimate of drug-likeness (QED) is 0.422. The lowest BCUT2D eigenvalue weighted by molar-refractivity contribution is -0.140. The molecule has 5 rings (SSSR count). The Bertz CT molecular complexity index is 1310. The van der Waals surface area contributed by atoms with E-state index in [9.17, 15) is 13.2 Å². The standard InChI is InChI=1S/C24H23F3N6O/c1-14(2)17-4-3-5-18-16(7-9-34-22(17)18)11-33-12-20(29-13-33)19-10-15(6-8-28-19)21-23(24(25,26)27)31-32-30-21/h3-6,8,10,12-14,16H,7,9,11H2,1-2H3,(H,30,31,32)/t16-/m0/s1. The second-order valence-corrected chi connectivity index (χ2v) is 8.66. The van der Waals surface area contributed by atoms with Gasteiger partial charge in [0, 0.05) is 30.4 Å². The first-order valence-electron chi connectivity index (χ1n) is 11.0. The summed E-state index contributed by atoms with van der Waals surface area (Å²) in [7, 11) is 0. The van der Waals surface area contributed by atoms with Crippen LogP contribution in [0.15, 0.2) is 49.1 Å². The first-order chi connectivity index (χ1) is 16.3. The summed E-state index contributed by atoms with van der Waals surface area (Å²) in [5.74, 6) is 1.62. The maximum Gasteiger partial charge on any atom is 0.437 e. The number of para-hydroxylation sites is 1. The van der Waals surface area contributed by atoms with Crippen LogP contribution < -0.4 is 4.74 Å². The van der Waals surface area contributed by atoms with Crippen LogP contribution >= 0.6 is 0 Å². The fourth-order valence-corrected chi connectivity index (χ4v) is 4.36. The first kappa shape index (κ1) is 22.1. The van der Waals surface area contributed by atoms with Gasteiger partial charge in [-0.2, -0.15) is 28.6 Å². The third-order valence-corrected chi connectivity index (χ3v) is 6.03. The number of H-pyrrole nitrogens is 1. The molecule has 0 fully saturated rings. The predicted octanol–water partition coefficient (Wildman–Crippen LogP) is 5.44. The number of pyridine rings is 1. The highest BCUT2D eigenvalue weighted by molar-refractivity contribution is 5.67. The van der Waals surface area contributed by atoms with E-state index in [1.165, 1.54) is 23.4 Å². The molecule has 0 bridgehead atoms. The van der Waals surface area contributed by atoms with Gasteiger partial charge in [0.2, 0.25) is 0 Å². The molecule has 1 aromatic carbocycles. The molecule has 0 aliphatic carbocycles. The van der Waals surface area contributed by atoms with E-state index in [0.717, 1.165) is 12.2 Å². The third kappa shape index (κ3) is 4.15. The van der Waals surface area contributed by atoms with Crippen molar-refractivity contribution in [3.8, 4) is 28.4 Å². The molecule has 1 atom stereocenters. The van der Waals surface area contributed by atoms with E-state index in [4.69, 9.17) is 4.74 Å². The van der Waals surface area contributed by atoms with Gasteiger partial charge in [0.25, 0.3) is 0 Å². The van der Waals surface area contributed by atoms with Crippen LogP contribution in [0.25, 0.3) is 22.6 Å². The number of fused-ring (bicyclic) bond motifs is 1. The van der Waals surface area contributed by atoms with Gasteiger partial charge in [0.05, 0.1) is 18.6 Å². The molecule has 4 heterocycles. The van der Waals surface area contributed by atoms with E-state index in [1.54, 1.807) is 12.4 Å². The largest absolute Gasteiger partial charge is 0.493 e. The number of nitrogens with zero attached hydrogens (tertiary/aromatic N) is 5. The van der Waals surface area contributed by atoms with Crippen LogP contribution in [0, 0.1) is 0 Å². The molecule has 34 heavy (non-hydrogen) atoms. The van der Waals surface area contributed by atoms with E-state index >= 15 is 0 Å². The highest BCUT2D eigenvalue weighted by Crippen LogP contribution is 2.40. The van der Waals surface area contributed by atoms with Crippen LogP contribution in [-0.4, -0.2) is 36.6 Å². The van der Waals surface area contributed by atoms with Gasteiger partial charge in [-0.05, 0) is 35.6 Å². The fourth-order valence-electron chi connectivity index (χ4n) is 4.36. The molecule has 1 N–H and O–H groups in total. The molecule has 176 valence electrons. The summed E-state index contributed by atoms with van der Waals surface area (Å²) in [6.45, 7) is 5.68. The van der Waals surface area contributed by atoms with E-state index in [1.807, 2.05) is 10.8 Å². The van der Waals surface area contributed by atoms with Gasteiger partial charge in [-0.15, -0.1) is 0 Å². The summed E-state index contributed by atoms with van der Waals surface area (Å²) in [5, 5.41) is 9.01. The molecule has 7 nitrogen and oxygen atoms in total. The lowest BCUT2D eigenvalue weighted by Gasteiger charge is -2.28. The van der Waals surface area contributed by atoms with Crippen LogP contribution in [0.4, 0.5) is 13.2 Å². The van der Waals surface area contributed by atoms with E-state index in [2.05, 4.69) is 57.4 Å². The van der Waals surface area contributed by atoms with Crippen LogP contribution in [0.3, 0.4) is 0 Å². The maximum atomic E-state index is 13.2. The van der Waals surface area contributed by atoms with E-state index in [0.29, 0.717) is 30.5 Å². The molecule has 0 amide bonds. The second kappa shape index (κ2) is 8.58. The lowest BCUT2D eigenvalue weighted by Crippen LogP contribution is -2.19. The Morgan fingerprint density at radius 1 is 1.15 bits per heavy atom. The Balaban J connectivity index is 1.40. The average Bonchev–Trinajstić information content (AvgIpc) is 3.49. The van der Waals surface area contributed by atoms with Gasteiger partial charge in [-0.25, -0.2) is 4.98 Å². The second-order valence-electron chi connectivity index (χ2n) is 8.66. The van der Waals surface area contributed by atoms with Crippen molar-refractivity contribution in [3.05, 3.63) is 65.9 Å². The number of alkyl halides is 3. The Morgan fingerprint density at radius 2 is 2.00 bits per heavy atom. The Kier molecular flexibility index (Phi) is 5.59. The Hall–Kier alpha value is -3.69. The van der Waals surface area contributed by atoms with Gasteiger partial charge in [-0.1, -0.05) is 32.0 Å². The van der Waals surface area contributed by atoms with Crippen molar-refractivity contribution >= 4 is 0 Å². The number of aromatic amines is 1. The number of benzene rings is 1. The molecular formula is C24H23F3N6O. The zero-order chi connectivity index (χ0) is 23.9. The van der Waals surface area contributed by atoms with Gasteiger partial charge < -0.3 is 9.30 Å². The summed E-state index contributed by atoms with van der Waals surface area (Å²) in [5.41, 5.74) is 2.37. The summed E-state index contributed by atoms with van der Waals surface area (Å²) >= 11 is 0. The van der Waals surface area contributed by atoms with Crippen molar-refractivity contribution in [2.24, 2.45) is 0 Å². The van der Waals surface area contributed by atoms with Crippen LogP contribution in [0.1, 0.15) is 48.9 Å². The van der Waals surface area contributed by atoms with Gasteiger partial charge >= 0.3 is 6.18 Å². The van der Waals surface area contributed by atoms with Crippen molar-refractivity contribution in [1.82, 2.24) is 29.9 Å². The van der Waals surface area contributed by atoms with Gasteiger partial charge in [-0.3, -0.25) is 4.98 Å². The number of nitrogens with one attached hydrogen (secondary N) is 1. The van der Waals surface area contributed by atoms with Crippen LogP contribution in [0.2, 0.25) is 0 Å². The zero-order valence-corrected chi connectivity index (χ0v) is 18.7. The molecular weight excluding hydrogens is 445 g/mol. The molecule has 1 aliphatic heterocycles. The monoisotopic (exact) mass is 468 g/mol. The summed E-state index contributed by atoms with van der Waals surface area (Å²) in [6.07, 6.45) is 1.31. The summed E-state index contributed by atoms with van der Waals surface area (Å²) in [6, 6.07) is 9.31. The molecule has 3 aromatic heterocycles. The van der Waals surface area contributed by atoms with Crippen molar-refractivity contribution < 1.29 is 17.9 Å². The SMILES string of the molecule is CC(C)c1cccc2c1OCC[C@H]2Cn1cnc(-c2cc(-c3n[nH]nc3C(F)(F)F)ccn2)c1. The molecule has 0 saturated heterocycles. The van der Waals surface area contributed by atoms with Gasteiger partial charge in [0.1, 0.15) is 17.1 Å². The van der Waals surface area contributed by atoms with Crippen LogP contribution in [0.5, 0.6) is 5.75 Å². The zero-order valence-electron chi connectivity index (χ0n) is 18.7. The number of hydrogen-bond donors (Lipinski definition) is 1. The Labute approximate surface area is 194 Å². The number of hydrogen-bond acceptors (Lipinski definition) is 5. The number of imidazole rings is 1. The van der Waals surface area contributed by atoms with Crippen molar-refractivity contribution in [1.29, 1.82) is 0 Å². The molecule has 1 aliphatic rings. The highest BCUT2D eigenvalue weighted by Gasteiger charge is 2.38. The summed E-state index contributed by atoms with van der Waals surface area (Å²) in [4.78, 5) is 8.75. The Morgan fingerprint density at radius 3 is 2.79 bits per heavy atom. The number of ether oxygens (including phenoxy) is 1. The molecule has 10 heteroatoms. The fraction of sp³-hybridized carbons (Fsp3) is 0.333. The lowest BCUT2D eigenvalue weighted by atomic mass is 9.88. The van der Waals surface area contributed by atoms with Crippen molar-refractivity contribution in [2.45, 2.75) is 44.8 Å². The number of aromatic nitrogens is 6. The van der Waals surface area contributed by atoms with Crippen LogP contribution in [-0.2, 0) is 12.7 Å². The molecule has 0 radical (unpaired) electrons. The number of rotatable bonds is 5. The minimum Gasteiger partial charge on any atom is -0.493 e. The van der Waals surface area contributed by atoms with Crippen molar-refractivity contribution in [2.75, 3.05) is 6.61 Å². The smallest absolute Gasteiger partial charge is 0.437 e. The predicted molar refractivity (Wildman–Crippen MR) is 119 cm³/mol. The average molecular weight is 468 g/mol. The van der Waals surface area contributed by atoms with Crippen molar-refractivity contribution in [3.63, 3.8) is 0 Å². The van der Waals surface area contributed by atoms with E-state index < -0.39 is 11.9 Å². The summed E-state index contributed by atoms with van der Waals surface area (Å²) < 4.78 is 47.7. The third-order valence-electron chi connectivity index (χ3n) is 6.03. The molecule has 0 unspecified atom stereocenters. The van der Waals surface area contributed by atoms with Gasteiger partial charge in [0.15, 0.2) is 5.69 Å². The molecule has 0 saturated carbocycles. The molecule has 4 aromatic rings. The maximum absolute atomic E-state index is 13.2. The molecule has 0 spiro atoms. The normalized spacial score (nSPS) is 15.9. The first-order valence-corrected chi connectivity index (χ1v) is 11.0.